The van der Waals surface area contributed by atoms with E-state index in [1.807, 2.05) is 48.5 Å². The van der Waals surface area contributed by atoms with Crippen molar-refractivity contribution in [2.75, 3.05) is 12.4 Å². The van der Waals surface area contributed by atoms with Gasteiger partial charge >= 0.3 is 6.03 Å². The van der Waals surface area contributed by atoms with Gasteiger partial charge in [-0.05, 0) is 25.0 Å². The lowest BCUT2D eigenvalue weighted by atomic mass is 10.0. The molecular weight excluding hydrogens is 378 g/mol. The molecule has 30 heavy (non-hydrogen) atoms. The maximum atomic E-state index is 12.0. The number of hydrogen-bond donors (Lipinski definition) is 5. The van der Waals surface area contributed by atoms with Gasteiger partial charge in [-0.15, -0.1) is 0 Å². The molecule has 1 aromatic heterocycles. The van der Waals surface area contributed by atoms with E-state index in [1.165, 1.54) is 11.1 Å². The maximum Gasteiger partial charge on any atom is 0.320 e. The highest BCUT2D eigenvalue weighted by molar-refractivity contribution is 6.08. The van der Waals surface area contributed by atoms with Crippen LogP contribution in [0.5, 0.6) is 0 Å². The standard InChI is InChI=1S/C22H23N7O/c1-26-17-10-7-14(11-15(17)12-23)18-19(20(24)29(22(25)30)16-8-9-16)28-21(27-18)13-5-3-2-4-6-13/h2-7,10-12,16,23-24,26H,8-9H2,1H3,(H2,25,30)(H,27,28). The molecule has 152 valence electrons. The molecule has 2 amide bonds. The largest absolute Gasteiger partial charge is 0.388 e. The fourth-order valence-electron chi connectivity index (χ4n) is 3.47. The summed E-state index contributed by atoms with van der Waals surface area (Å²) in [5.74, 6) is 0.600. The molecule has 1 aliphatic rings. The summed E-state index contributed by atoms with van der Waals surface area (Å²) in [6.07, 6.45) is 2.93. The molecule has 0 radical (unpaired) electrons. The van der Waals surface area contributed by atoms with Crippen molar-refractivity contribution in [2.45, 2.75) is 18.9 Å². The van der Waals surface area contributed by atoms with Crippen molar-refractivity contribution >= 4 is 23.8 Å². The third kappa shape index (κ3) is 3.55. The van der Waals surface area contributed by atoms with Crippen molar-refractivity contribution in [1.29, 1.82) is 10.8 Å². The molecule has 1 aliphatic carbocycles. The molecule has 6 N–H and O–H groups in total. The number of H-pyrrole nitrogens is 1. The van der Waals surface area contributed by atoms with E-state index in [-0.39, 0.29) is 11.9 Å². The number of carbonyl (C=O) groups excluding carboxylic acids is 1. The molecule has 0 atom stereocenters. The minimum Gasteiger partial charge on any atom is -0.388 e. The van der Waals surface area contributed by atoms with Crippen LogP contribution in [0.15, 0.2) is 48.5 Å². The topological polar surface area (TPSA) is 135 Å². The number of amides is 2. The Morgan fingerprint density at radius 3 is 2.57 bits per heavy atom. The second kappa shape index (κ2) is 7.82. The van der Waals surface area contributed by atoms with E-state index in [0.717, 1.165) is 29.7 Å². The van der Waals surface area contributed by atoms with Gasteiger partial charge in [0.1, 0.15) is 17.2 Å². The minimum atomic E-state index is -0.643. The molecule has 8 heteroatoms. The summed E-state index contributed by atoms with van der Waals surface area (Å²) in [6, 6.07) is 14.5. The van der Waals surface area contributed by atoms with Crippen LogP contribution in [0.2, 0.25) is 0 Å². The van der Waals surface area contributed by atoms with Gasteiger partial charge in [0.15, 0.2) is 5.84 Å². The monoisotopic (exact) mass is 401 g/mol. The Labute approximate surface area is 174 Å². The fraction of sp³-hybridized carbons (Fsp3) is 0.182. The first-order valence-electron chi connectivity index (χ1n) is 9.69. The molecule has 4 rings (SSSR count). The number of carbonyl (C=O) groups is 1. The Morgan fingerprint density at radius 2 is 1.97 bits per heavy atom. The van der Waals surface area contributed by atoms with Crippen LogP contribution in [-0.2, 0) is 0 Å². The second-order valence-corrected chi connectivity index (χ2v) is 7.16. The zero-order valence-corrected chi connectivity index (χ0v) is 16.6. The number of hydrogen-bond acceptors (Lipinski definition) is 5. The van der Waals surface area contributed by atoms with Crippen LogP contribution in [0.25, 0.3) is 22.6 Å². The van der Waals surface area contributed by atoms with Crippen LogP contribution in [0.1, 0.15) is 24.1 Å². The van der Waals surface area contributed by atoms with Gasteiger partial charge in [-0.2, -0.15) is 0 Å². The number of nitrogens with one attached hydrogen (secondary N) is 4. The lowest BCUT2D eigenvalue weighted by Gasteiger charge is -2.20. The third-order valence-corrected chi connectivity index (χ3v) is 5.13. The molecular formula is C22H23N7O. The van der Waals surface area contributed by atoms with Crippen LogP contribution >= 0.6 is 0 Å². The predicted octanol–water partition coefficient (Wildman–Crippen LogP) is 3.65. The molecule has 0 saturated heterocycles. The molecule has 1 fully saturated rings. The summed E-state index contributed by atoms with van der Waals surface area (Å²) in [4.78, 5) is 21.3. The van der Waals surface area contributed by atoms with E-state index in [9.17, 15) is 4.79 Å². The number of primary amides is 1. The van der Waals surface area contributed by atoms with E-state index in [2.05, 4.69) is 10.3 Å². The van der Waals surface area contributed by atoms with E-state index in [4.69, 9.17) is 21.5 Å². The first kappa shape index (κ1) is 19.4. The maximum absolute atomic E-state index is 12.0. The number of benzene rings is 2. The number of imidazole rings is 1. The second-order valence-electron chi connectivity index (χ2n) is 7.16. The fourth-order valence-corrected chi connectivity index (χ4v) is 3.47. The van der Waals surface area contributed by atoms with Crippen LogP contribution in [0.4, 0.5) is 10.5 Å². The average Bonchev–Trinajstić information content (AvgIpc) is 3.49. The third-order valence-electron chi connectivity index (χ3n) is 5.13. The van der Waals surface area contributed by atoms with Gasteiger partial charge in [0, 0.05) is 41.7 Å². The smallest absolute Gasteiger partial charge is 0.320 e. The number of aromatic amines is 1. The van der Waals surface area contributed by atoms with Gasteiger partial charge in [0.05, 0.1) is 0 Å². The predicted molar refractivity (Wildman–Crippen MR) is 118 cm³/mol. The molecule has 2 aromatic carbocycles. The molecule has 0 aliphatic heterocycles. The lowest BCUT2D eigenvalue weighted by Crippen LogP contribution is -2.42. The van der Waals surface area contributed by atoms with Gasteiger partial charge < -0.3 is 21.4 Å². The van der Waals surface area contributed by atoms with Gasteiger partial charge in [-0.1, -0.05) is 36.4 Å². The summed E-state index contributed by atoms with van der Waals surface area (Å²) in [6.45, 7) is 0. The van der Waals surface area contributed by atoms with Gasteiger partial charge in [0.2, 0.25) is 0 Å². The Hall–Kier alpha value is -3.94. The molecule has 1 heterocycles. The van der Waals surface area contributed by atoms with Crippen molar-refractivity contribution < 1.29 is 4.79 Å². The molecule has 0 unspecified atom stereocenters. The van der Waals surface area contributed by atoms with Crippen LogP contribution in [-0.4, -0.2) is 46.0 Å². The van der Waals surface area contributed by atoms with E-state index >= 15 is 0 Å². The molecule has 8 nitrogen and oxygen atoms in total. The lowest BCUT2D eigenvalue weighted by molar-refractivity contribution is 0.228. The molecule has 1 saturated carbocycles. The van der Waals surface area contributed by atoms with Crippen molar-refractivity contribution in [3.8, 4) is 22.6 Å². The molecule has 3 aromatic rings. The highest BCUT2D eigenvalue weighted by Crippen LogP contribution is 2.33. The van der Waals surface area contributed by atoms with Crippen LogP contribution in [0.3, 0.4) is 0 Å². The van der Waals surface area contributed by atoms with Crippen molar-refractivity contribution in [3.63, 3.8) is 0 Å². The van der Waals surface area contributed by atoms with E-state index in [1.54, 1.807) is 7.05 Å². The van der Waals surface area contributed by atoms with Crippen molar-refractivity contribution in [3.05, 3.63) is 59.8 Å². The van der Waals surface area contributed by atoms with Crippen LogP contribution in [0, 0.1) is 10.8 Å². The number of amidine groups is 1. The normalized spacial score (nSPS) is 13.0. The Morgan fingerprint density at radius 1 is 1.23 bits per heavy atom. The van der Waals surface area contributed by atoms with E-state index < -0.39 is 6.03 Å². The van der Waals surface area contributed by atoms with Crippen LogP contribution < -0.4 is 11.1 Å². The first-order chi connectivity index (χ1) is 14.5. The summed E-state index contributed by atoms with van der Waals surface area (Å²) in [5, 5.41) is 19.5. The first-order valence-corrected chi connectivity index (χ1v) is 9.69. The zero-order chi connectivity index (χ0) is 21.3. The molecule has 0 spiro atoms. The molecule has 0 bridgehead atoms. The zero-order valence-electron chi connectivity index (χ0n) is 16.6. The Balaban J connectivity index is 1.86. The number of urea groups is 1. The SMILES string of the molecule is CNc1ccc(-c2nc(-c3ccccc3)[nH]c2C(=N)N(C(N)=O)C2CC2)cc1C=N. The minimum absolute atomic E-state index is 0.00350. The summed E-state index contributed by atoms with van der Waals surface area (Å²) in [7, 11) is 1.80. The average molecular weight is 401 g/mol. The summed E-state index contributed by atoms with van der Waals surface area (Å²) in [5.41, 5.74) is 9.67. The number of rotatable bonds is 6. The Bertz CT molecular complexity index is 1120. The van der Waals surface area contributed by atoms with Gasteiger partial charge in [0.25, 0.3) is 0 Å². The summed E-state index contributed by atoms with van der Waals surface area (Å²) >= 11 is 0. The quantitative estimate of drug-likeness (QED) is 0.319. The highest BCUT2D eigenvalue weighted by atomic mass is 16.2. The number of nitrogens with two attached hydrogens (primary N) is 1. The van der Waals surface area contributed by atoms with Crippen molar-refractivity contribution in [1.82, 2.24) is 14.9 Å². The Kier molecular flexibility index (Phi) is 5.05. The highest BCUT2D eigenvalue weighted by Gasteiger charge is 2.36. The van der Waals surface area contributed by atoms with Crippen molar-refractivity contribution in [2.24, 2.45) is 5.73 Å². The summed E-state index contributed by atoms with van der Waals surface area (Å²) < 4.78 is 0. The number of anilines is 1. The van der Waals surface area contributed by atoms with E-state index in [0.29, 0.717) is 22.8 Å². The number of nitrogens with zero attached hydrogens (tertiary/aromatic N) is 2. The number of aromatic nitrogens is 2. The van der Waals surface area contributed by atoms with Gasteiger partial charge in [-0.25, -0.2) is 9.78 Å². The van der Waals surface area contributed by atoms with Gasteiger partial charge in [-0.3, -0.25) is 10.3 Å².